The lowest BCUT2D eigenvalue weighted by Gasteiger charge is -2.13. The highest BCUT2D eigenvalue weighted by atomic mass is 32.1. The van der Waals surface area contributed by atoms with Crippen LogP contribution >= 0.6 is 11.3 Å². The Kier molecular flexibility index (Phi) is 8.55. The molecule has 0 atom stereocenters. The third kappa shape index (κ3) is 6.09. The quantitative estimate of drug-likeness (QED) is 0.250. The van der Waals surface area contributed by atoms with Crippen molar-refractivity contribution in [2.75, 3.05) is 47.5 Å². The van der Waals surface area contributed by atoms with Crippen LogP contribution in [0.5, 0.6) is 34.5 Å². The minimum atomic E-state index is -0.337. The summed E-state index contributed by atoms with van der Waals surface area (Å²) < 4.78 is 33.6. The summed E-state index contributed by atoms with van der Waals surface area (Å²) >= 11 is 1.36. The number of thiazole rings is 1. The summed E-state index contributed by atoms with van der Waals surface area (Å²) in [5.74, 6) is 2.98. The van der Waals surface area contributed by atoms with Crippen LogP contribution in [0.1, 0.15) is 11.1 Å². The minimum Gasteiger partial charge on any atom is -0.497 e. The number of hydrogen-bond acceptors (Lipinski definition) is 9. The van der Waals surface area contributed by atoms with Gasteiger partial charge in [-0.2, -0.15) is 0 Å². The van der Waals surface area contributed by atoms with Gasteiger partial charge in [0.25, 0.3) is 5.91 Å². The van der Waals surface area contributed by atoms with Crippen LogP contribution in [0.4, 0.5) is 5.13 Å². The van der Waals surface area contributed by atoms with Gasteiger partial charge in [-0.05, 0) is 53.6 Å². The minimum absolute atomic E-state index is 0.213. The first-order valence-electron chi connectivity index (χ1n) is 11.5. The summed E-state index contributed by atoms with van der Waals surface area (Å²) in [6.07, 6.45) is 3.81. The van der Waals surface area contributed by atoms with Gasteiger partial charge in [0.05, 0.1) is 45.8 Å². The van der Waals surface area contributed by atoms with Crippen LogP contribution in [0.15, 0.2) is 48.5 Å². The lowest BCUT2D eigenvalue weighted by Crippen LogP contribution is -2.20. The van der Waals surface area contributed by atoms with E-state index in [1.165, 1.54) is 11.3 Å². The smallest absolute Gasteiger partial charge is 0.264 e. The number of nitrogens with zero attached hydrogens (tertiary/aromatic N) is 1. The molecular formula is C28H28N2O7S. The number of carbonyl (C=O) groups is 1. The van der Waals surface area contributed by atoms with Crippen molar-refractivity contribution in [1.29, 1.82) is 0 Å². The average molecular weight is 537 g/mol. The molecule has 0 aliphatic heterocycles. The van der Waals surface area contributed by atoms with Crippen molar-refractivity contribution in [1.82, 2.24) is 4.98 Å². The van der Waals surface area contributed by atoms with Crippen molar-refractivity contribution >= 4 is 44.7 Å². The van der Waals surface area contributed by atoms with E-state index in [0.717, 1.165) is 27.1 Å². The standard InChI is InChI=1S/C28H28N2O7S/c1-32-19-9-10-20-25(15-19)38-28(29-20)30-26(31)16-37-22-12-17(8-11-21(22)33-2)6-7-18-13-23(34-3)27(36-5)24(14-18)35-4/h6-15H,16H2,1-5H3,(H,29,30,31)/b7-6-. The average Bonchev–Trinajstić information content (AvgIpc) is 3.35. The molecular weight excluding hydrogens is 508 g/mol. The normalized spacial score (nSPS) is 10.9. The summed E-state index contributed by atoms with van der Waals surface area (Å²) in [5, 5.41) is 3.26. The fourth-order valence-corrected chi connectivity index (χ4v) is 4.59. The number of methoxy groups -OCH3 is 5. The van der Waals surface area contributed by atoms with Crippen LogP contribution in [0, 0.1) is 0 Å². The van der Waals surface area contributed by atoms with Crippen molar-refractivity contribution < 1.29 is 33.2 Å². The summed E-state index contributed by atoms with van der Waals surface area (Å²) in [5.41, 5.74) is 2.47. The van der Waals surface area contributed by atoms with E-state index in [4.69, 9.17) is 28.4 Å². The molecule has 1 heterocycles. The number of rotatable bonds is 11. The molecule has 0 radical (unpaired) electrons. The molecule has 1 N–H and O–H groups in total. The van der Waals surface area contributed by atoms with E-state index in [1.54, 1.807) is 47.7 Å². The molecule has 0 saturated heterocycles. The van der Waals surface area contributed by atoms with Crippen LogP contribution in [-0.4, -0.2) is 53.0 Å². The fraction of sp³-hybridized carbons (Fsp3) is 0.214. The molecule has 0 unspecified atom stereocenters. The monoisotopic (exact) mass is 536 g/mol. The summed E-state index contributed by atoms with van der Waals surface area (Å²) in [4.78, 5) is 17.0. The molecule has 38 heavy (non-hydrogen) atoms. The van der Waals surface area contributed by atoms with Gasteiger partial charge < -0.3 is 28.4 Å². The van der Waals surface area contributed by atoms with Gasteiger partial charge in [-0.3, -0.25) is 10.1 Å². The topological polar surface area (TPSA) is 97.4 Å². The molecule has 4 aromatic rings. The Morgan fingerprint density at radius 1 is 0.789 bits per heavy atom. The van der Waals surface area contributed by atoms with E-state index in [-0.39, 0.29) is 12.5 Å². The number of ether oxygens (including phenoxy) is 6. The number of carbonyl (C=O) groups excluding carboxylic acids is 1. The van der Waals surface area contributed by atoms with Gasteiger partial charge in [0, 0.05) is 0 Å². The first-order valence-corrected chi connectivity index (χ1v) is 12.3. The number of fused-ring (bicyclic) bond motifs is 1. The highest BCUT2D eigenvalue weighted by Crippen LogP contribution is 2.39. The molecule has 9 nitrogen and oxygen atoms in total. The third-order valence-electron chi connectivity index (χ3n) is 5.54. The van der Waals surface area contributed by atoms with Gasteiger partial charge in [-0.1, -0.05) is 29.6 Å². The Balaban J connectivity index is 1.46. The lowest BCUT2D eigenvalue weighted by molar-refractivity contribution is -0.118. The van der Waals surface area contributed by atoms with E-state index in [1.807, 2.05) is 48.6 Å². The van der Waals surface area contributed by atoms with Crippen molar-refractivity contribution in [2.45, 2.75) is 0 Å². The van der Waals surface area contributed by atoms with Crippen molar-refractivity contribution in [3.8, 4) is 34.5 Å². The Hall–Kier alpha value is -4.44. The summed E-state index contributed by atoms with van der Waals surface area (Å²) in [6.45, 7) is -0.213. The zero-order chi connectivity index (χ0) is 27.1. The number of anilines is 1. The van der Waals surface area contributed by atoms with Crippen molar-refractivity contribution in [2.24, 2.45) is 0 Å². The second-order valence-electron chi connectivity index (χ2n) is 7.89. The molecule has 198 valence electrons. The highest BCUT2D eigenvalue weighted by molar-refractivity contribution is 7.22. The Labute approximate surface area is 224 Å². The molecule has 3 aromatic carbocycles. The molecule has 0 aliphatic rings. The third-order valence-corrected chi connectivity index (χ3v) is 6.48. The Morgan fingerprint density at radius 3 is 2.13 bits per heavy atom. The maximum absolute atomic E-state index is 12.6. The number of amides is 1. The van der Waals surface area contributed by atoms with E-state index < -0.39 is 0 Å². The number of hydrogen-bond donors (Lipinski definition) is 1. The van der Waals surface area contributed by atoms with Gasteiger partial charge in [0.1, 0.15) is 5.75 Å². The van der Waals surface area contributed by atoms with Gasteiger partial charge >= 0.3 is 0 Å². The molecule has 0 spiro atoms. The molecule has 1 aromatic heterocycles. The van der Waals surface area contributed by atoms with Gasteiger partial charge in [-0.25, -0.2) is 4.98 Å². The zero-order valence-electron chi connectivity index (χ0n) is 21.7. The molecule has 0 aliphatic carbocycles. The predicted molar refractivity (Wildman–Crippen MR) is 148 cm³/mol. The van der Waals surface area contributed by atoms with Crippen LogP contribution in [0.2, 0.25) is 0 Å². The van der Waals surface area contributed by atoms with Gasteiger partial charge in [0.15, 0.2) is 34.7 Å². The van der Waals surface area contributed by atoms with Crippen molar-refractivity contribution in [3.63, 3.8) is 0 Å². The predicted octanol–water partition coefficient (Wildman–Crippen LogP) is 5.53. The van der Waals surface area contributed by atoms with E-state index >= 15 is 0 Å². The molecule has 4 rings (SSSR count). The number of nitrogens with one attached hydrogen (secondary N) is 1. The van der Waals surface area contributed by atoms with Crippen LogP contribution in [-0.2, 0) is 4.79 Å². The second-order valence-corrected chi connectivity index (χ2v) is 8.92. The number of aromatic nitrogens is 1. The Morgan fingerprint density at radius 2 is 1.47 bits per heavy atom. The molecule has 0 saturated carbocycles. The maximum atomic E-state index is 12.6. The number of benzene rings is 3. The van der Waals surface area contributed by atoms with E-state index in [0.29, 0.717) is 33.9 Å². The van der Waals surface area contributed by atoms with E-state index in [9.17, 15) is 4.79 Å². The Bertz CT molecular complexity index is 1440. The SMILES string of the molecule is COc1ccc2nc(NC(=O)COc3cc(/C=C\c4cc(OC)c(OC)c(OC)c4)ccc3OC)sc2c1. The van der Waals surface area contributed by atoms with Crippen molar-refractivity contribution in [3.05, 3.63) is 59.7 Å². The van der Waals surface area contributed by atoms with Crippen LogP contribution in [0.3, 0.4) is 0 Å². The first kappa shape index (κ1) is 26.6. The molecule has 1 amide bonds. The van der Waals surface area contributed by atoms with Gasteiger partial charge in [-0.15, -0.1) is 0 Å². The molecule has 0 bridgehead atoms. The first-order chi connectivity index (χ1) is 18.5. The summed E-state index contributed by atoms with van der Waals surface area (Å²) in [7, 11) is 7.85. The van der Waals surface area contributed by atoms with Crippen LogP contribution in [0.25, 0.3) is 22.4 Å². The maximum Gasteiger partial charge on any atom is 0.264 e. The fourth-order valence-electron chi connectivity index (χ4n) is 3.68. The highest BCUT2D eigenvalue weighted by Gasteiger charge is 2.13. The van der Waals surface area contributed by atoms with Gasteiger partial charge in [0.2, 0.25) is 5.75 Å². The molecule has 10 heteroatoms. The molecule has 0 fully saturated rings. The van der Waals surface area contributed by atoms with E-state index in [2.05, 4.69) is 10.3 Å². The second kappa shape index (κ2) is 12.2. The lowest BCUT2D eigenvalue weighted by atomic mass is 10.1. The largest absolute Gasteiger partial charge is 0.497 e. The zero-order valence-corrected chi connectivity index (χ0v) is 22.5. The van der Waals surface area contributed by atoms with Crippen LogP contribution < -0.4 is 33.7 Å². The summed E-state index contributed by atoms with van der Waals surface area (Å²) in [6, 6.07) is 14.7.